The van der Waals surface area contributed by atoms with Gasteiger partial charge in [-0.25, -0.2) is 15.0 Å². The van der Waals surface area contributed by atoms with E-state index < -0.39 is 0 Å². The quantitative estimate of drug-likeness (QED) is 0.274. The summed E-state index contributed by atoms with van der Waals surface area (Å²) in [6.07, 6.45) is 3.38. The van der Waals surface area contributed by atoms with Gasteiger partial charge < -0.3 is 26.6 Å². The molecule has 0 radical (unpaired) electrons. The molecule has 0 bridgehead atoms. The fourth-order valence-electron chi connectivity index (χ4n) is 2.87. The van der Waals surface area contributed by atoms with Gasteiger partial charge in [0.15, 0.2) is 0 Å². The van der Waals surface area contributed by atoms with Crippen LogP contribution in [0.5, 0.6) is 17.4 Å². The van der Waals surface area contributed by atoms with Crippen LogP contribution in [0, 0.1) is 13.8 Å². The molecule has 0 atom stereocenters. The Morgan fingerprint density at radius 1 is 0.875 bits per heavy atom. The predicted molar refractivity (Wildman–Crippen MR) is 128 cm³/mol. The minimum atomic E-state index is 0.296. The van der Waals surface area contributed by atoms with Gasteiger partial charge in [-0.3, -0.25) is 0 Å². The van der Waals surface area contributed by atoms with E-state index in [0.29, 0.717) is 34.7 Å². The van der Waals surface area contributed by atoms with Gasteiger partial charge in [0.2, 0.25) is 11.8 Å². The molecular formula is C24H26N6O2. The van der Waals surface area contributed by atoms with E-state index in [1.807, 2.05) is 44.2 Å². The molecular weight excluding hydrogens is 404 g/mol. The second-order valence-electron chi connectivity index (χ2n) is 7.04. The summed E-state index contributed by atoms with van der Waals surface area (Å²) in [5, 5.41) is 11.9. The minimum absolute atomic E-state index is 0.296. The van der Waals surface area contributed by atoms with Crippen LogP contribution in [-0.2, 0) is 0 Å². The Labute approximate surface area is 186 Å². The van der Waals surface area contributed by atoms with Crippen LogP contribution in [0.15, 0.2) is 67.0 Å². The third-order valence-electron chi connectivity index (χ3n) is 4.55. The SMILES string of the molecule is CNc1nccc(-c2cccnc2Oc2ccc(N)cc2C)n1.Cc1cc(N)ccc1O. The molecule has 0 saturated heterocycles. The normalized spacial score (nSPS) is 10.1. The number of hydrogen-bond donors (Lipinski definition) is 4. The average Bonchev–Trinajstić information content (AvgIpc) is 2.79. The number of aromatic nitrogens is 3. The van der Waals surface area contributed by atoms with Gasteiger partial charge in [0.05, 0.1) is 11.3 Å². The van der Waals surface area contributed by atoms with Gasteiger partial charge in [-0.05, 0) is 79.6 Å². The Bertz CT molecular complexity index is 1210. The summed E-state index contributed by atoms with van der Waals surface area (Å²) in [6.45, 7) is 3.75. The first kappa shape index (κ1) is 22.4. The van der Waals surface area contributed by atoms with Crippen molar-refractivity contribution in [2.45, 2.75) is 13.8 Å². The summed E-state index contributed by atoms with van der Waals surface area (Å²) >= 11 is 0. The van der Waals surface area contributed by atoms with Gasteiger partial charge in [0.1, 0.15) is 11.5 Å². The highest BCUT2D eigenvalue weighted by Crippen LogP contribution is 2.32. The molecule has 8 heteroatoms. The van der Waals surface area contributed by atoms with Crippen LogP contribution in [-0.4, -0.2) is 27.1 Å². The number of phenols is 1. The third-order valence-corrected chi connectivity index (χ3v) is 4.55. The van der Waals surface area contributed by atoms with Gasteiger partial charge in [0, 0.05) is 30.8 Å². The number of anilines is 3. The summed E-state index contributed by atoms with van der Waals surface area (Å²) in [5.41, 5.74) is 15.9. The number of benzene rings is 2. The Kier molecular flexibility index (Phi) is 7.07. The maximum absolute atomic E-state index is 8.99. The van der Waals surface area contributed by atoms with Crippen LogP contribution in [0.25, 0.3) is 11.3 Å². The molecule has 8 nitrogen and oxygen atoms in total. The van der Waals surface area contributed by atoms with Crippen molar-refractivity contribution < 1.29 is 9.84 Å². The first-order valence-electron chi connectivity index (χ1n) is 9.92. The van der Waals surface area contributed by atoms with Gasteiger partial charge >= 0.3 is 0 Å². The number of hydrogen-bond acceptors (Lipinski definition) is 8. The maximum atomic E-state index is 8.99. The molecule has 4 aromatic rings. The molecule has 0 aliphatic heterocycles. The van der Waals surface area contributed by atoms with E-state index in [0.717, 1.165) is 22.4 Å². The van der Waals surface area contributed by atoms with Gasteiger partial charge in [-0.2, -0.15) is 0 Å². The largest absolute Gasteiger partial charge is 0.508 e. The van der Waals surface area contributed by atoms with Crippen molar-refractivity contribution in [3.05, 3.63) is 78.1 Å². The van der Waals surface area contributed by atoms with E-state index in [1.165, 1.54) is 0 Å². The van der Waals surface area contributed by atoms with Crippen molar-refractivity contribution in [1.82, 2.24) is 15.0 Å². The fourth-order valence-corrected chi connectivity index (χ4v) is 2.87. The number of nitrogens with one attached hydrogen (secondary N) is 1. The summed E-state index contributed by atoms with van der Waals surface area (Å²) in [4.78, 5) is 12.9. The Morgan fingerprint density at radius 3 is 2.25 bits per heavy atom. The minimum Gasteiger partial charge on any atom is -0.508 e. The van der Waals surface area contributed by atoms with Crippen molar-refractivity contribution in [2.24, 2.45) is 0 Å². The van der Waals surface area contributed by atoms with Crippen molar-refractivity contribution >= 4 is 17.3 Å². The van der Waals surface area contributed by atoms with E-state index in [2.05, 4.69) is 20.3 Å². The maximum Gasteiger partial charge on any atom is 0.228 e. The second-order valence-corrected chi connectivity index (χ2v) is 7.04. The molecule has 4 rings (SSSR count). The Hall–Kier alpha value is -4.33. The molecule has 32 heavy (non-hydrogen) atoms. The van der Waals surface area contributed by atoms with Crippen LogP contribution in [0.3, 0.4) is 0 Å². The number of rotatable bonds is 4. The molecule has 2 aromatic carbocycles. The topological polar surface area (TPSA) is 132 Å². The molecule has 0 amide bonds. The molecule has 0 saturated carbocycles. The number of nitrogens with two attached hydrogens (primary N) is 2. The lowest BCUT2D eigenvalue weighted by Gasteiger charge is -2.12. The van der Waals surface area contributed by atoms with Gasteiger partial charge in [0.25, 0.3) is 0 Å². The zero-order valence-electron chi connectivity index (χ0n) is 18.2. The van der Waals surface area contributed by atoms with E-state index >= 15 is 0 Å². The van der Waals surface area contributed by atoms with Crippen molar-refractivity contribution in [1.29, 1.82) is 0 Å². The summed E-state index contributed by atoms with van der Waals surface area (Å²) in [6, 6.07) is 16.1. The zero-order valence-corrected chi connectivity index (χ0v) is 18.2. The van der Waals surface area contributed by atoms with Crippen LogP contribution >= 0.6 is 0 Å². The van der Waals surface area contributed by atoms with Crippen LogP contribution in [0.4, 0.5) is 17.3 Å². The molecule has 0 spiro atoms. The summed E-state index contributed by atoms with van der Waals surface area (Å²) in [5.74, 6) is 2.04. The third kappa shape index (κ3) is 5.63. The highest BCUT2D eigenvalue weighted by atomic mass is 16.5. The van der Waals surface area contributed by atoms with Crippen LogP contribution in [0.2, 0.25) is 0 Å². The number of pyridine rings is 1. The van der Waals surface area contributed by atoms with Crippen LogP contribution in [0.1, 0.15) is 11.1 Å². The molecule has 164 valence electrons. The first-order valence-corrected chi connectivity index (χ1v) is 9.92. The standard InChI is InChI=1S/C17H17N5O.C7H9NO/c1-11-10-12(18)5-6-15(11)23-16-13(4-3-8-20-16)14-7-9-21-17(19-2)22-14;1-5-4-6(8)2-3-7(5)9/h3-10H,18H2,1-2H3,(H,19,21,22);2-4,9H,8H2,1H3. The lowest BCUT2D eigenvalue weighted by atomic mass is 10.2. The average molecular weight is 431 g/mol. The van der Waals surface area contributed by atoms with Gasteiger partial charge in [-0.15, -0.1) is 0 Å². The summed E-state index contributed by atoms with van der Waals surface area (Å²) in [7, 11) is 1.78. The smallest absolute Gasteiger partial charge is 0.228 e. The molecule has 0 unspecified atom stereocenters. The van der Waals surface area contributed by atoms with Gasteiger partial charge in [-0.1, -0.05) is 0 Å². The van der Waals surface area contributed by atoms with E-state index in [4.69, 9.17) is 21.3 Å². The van der Waals surface area contributed by atoms with E-state index in [1.54, 1.807) is 43.7 Å². The molecule has 2 heterocycles. The van der Waals surface area contributed by atoms with E-state index in [9.17, 15) is 0 Å². The van der Waals surface area contributed by atoms with Crippen LogP contribution < -0.4 is 21.5 Å². The summed E-state index contributed by atoms with van der Waals surface area (Å²) < 4.78 is 5.98. The monoisotopic (exact) mass is 430 g/mol. The number of aromatic hydroxyl groups is 1. The second kappa shape index (κ2) is 10.1. The molecule has 2 aromatic heterocycles. The van der Waals surface area contributed by atoms with Crippen molar-refractivity contribution in [2.75, 3.05) is 23.8 Å². The van der Waals surface area contributed by atoms with E-state index in [-0.39, 0.29) is 0 Å². The number of nitrogen functional groups attached to an aromatic ring is 2. The number of nitrogens with zero attached hydrogens (tertiary/aromatic N) is 3. The fraction of sp³-hybridized carbons (Fsp3) is 0.125. The van der Waals surface area contributed by atoms with Crippen molar-refractivity contribution in [3.63, 3.8) is 0 Å². The highest BCUT2D eigenvalue weighted by molar-refractivity contribution is 5.66. The number of aryl methyl sites for hydroxylation is 2. The number of ether oxygens (including phenoxy) is 1. The molecule has 0 aliphatic rings. The number of phenolic OH excluding ortho intramolecular Hbond substituents is 1. The zero-order chi connectivity index (χ0) is 23.1. The lowest BCUT2D eigenvalue weighted by Crippen LogP contribution is -1.99. The predicted octanol–water partition coefficient (Wildman–Crippen LogP) is 4.55. The molecule has 0 aliphatic carbocycles. The molecule has 6 N–H and O–H groups in total. The Balaban J connectivity index is 0.000000269. The Morgan fingerprint density at radius 2 is 1.59 bits per heavy atom. The van der Waals surface area contributed by atoms with Crippen molar-refractivity contribution in [3.8, 4) is 28.6 Å². The molecule has 0 fully saturated rings. The first-order chi connectivity index (χ1) is 15.4. The highest BCUT2D eigenvalue weighted by Gasteiger charge is 2.12. The lowest BCUT2D eigenvalue weighted by molar-refractivity contribution is 0.461.